The lowest BCUT2D eigenvalue weighted by molar-refractivity contribution is -0.154. The highest BCUT2D eigenvalue weighted by Crippen LogP contribution is 2.31. The van der Waals surface area contributed by atoms with Crippen LogP contribution in [0.1, 0.15) is 32.4 Å². The van der Waals surface area contributed by atoms with Gasteiger partial charge >= 0.3 is 5.97 Å². The molecule has 3 nitrogen and oxygen atoms in total. The summed E-state index contributed by atoms with van der Waals surface area (Å²) >= 11 is 3.15. The topological polar surface area (TPSA) is 46.5 Å². The van der Waals surface area contributed by atoms with Crippen LogP contribution < -0.4 is 0 Å². The molecule has 0 amide bonds. The van der Waals surface area contributed by atoms with Crippen LogP contribution in [-0.2, 0) is 9.53 Å². The Morgan fingerprint density at radius 2 is 2.11 bits per heavy atom. The summed E-state index contributed by atoms with van der Waals surface area (Å²) in [4.78, 5) is 11.9. The molecule has 2 atom stereocenters. The Morgan fingerprint density at radius 3 is 2.58 bits per heavy atom. The fourth-order valence-corrected chi connectivity index (χ4v) is 2.27. The lowest BCUT2D eigenvalue weighted by Crippen LogP contribution is -2.29. The lowest BCUT2D eigenvalue weighted by Gasteiger charge is -2.25. The molecule has 0 bridgehead atoms. The van der Waals surface area contributed by atoms with Crippen LogP contribution in [0.15, 0.2) is 22.7 Å². The quantitative estimate of drug-likeness (QED) is 0.840. The molecule has 1 rings (SSSR count). The third-order valence-corrected chi connectivity index (χ3v) is 3.39. The molecule has 0 aliphatic carbocycles. The van der Waals surface area contributed by atoms with Crippen molar-refractivity contribution in [3.05, 3.63) is 34.1 Å². The van der Waals surface area contributed by atoms with Crippen LogP contribution in [-0.4, -0.2) is 17.7 Å². The zero-order valence-corrected chi connectivity index (χ0v) is 12.8. The average Bonchev–Trinajstić information content (AvgIpc) is 2.28. The monoisotopic (exact) mass is 332 g/mol. The summed E-state index contributed by atoms with van der Waals surface area (Å²) in [7, 11) is 0. The minimum Gasteiger partial charge on any atom is -0.466 e. The van der Waals surface area contributed by atoms with Gasteiger partial charge in [0.1, 0.15) is 5.82 Å². The van der Waals surface area contributed by atoms with Crippen molar-refractivity contribution in [2.24, 2.45) is 11.8 Å². The number of aliphatic hydroxyl groups excluding tert-OH is 1. The maximum atomic E-state index is 13.8. The van der Waals surface area contributed by atoms with Crippen LogP contribution >= 0.6 is 15.9 Å². The summed E-state index contributed by atoms with van der Waals surface area (Å²) in [6, 6.07) is 4.37. The number of aliphatic hydroxyl groups is 1. The van der Waals surface area contributed by atoms with E-state index in [-0.39, 0.29) is 18.1 Å². The molecule has 0 fully saturated rings. The number of ether oxygens (including phenoxy) is 1. The van der Waals surface area contributed by atoms with Crippen molar-refractivity contribution in [3.63, 3.8) is 0 Å². The van der Waals surface area contributed by atoms with Crippen LogP contribution in [0.2, 0.25) is 0 Å². The van der Waals surface area contributed by atoms with Gasteiger partial charge in [-0.05, 0) is 25.0 Å². The predicted molar refractivity (Wildman–Crippen MR) is 74.0 cm³/mol. The van der Waals surface area contributed by atoms with E-state index in [0.29, 0.717) is 4.47 Å². The number of carbonyl (C=O) groups is 1. The number of rotatable bonds is 5. The van der Waals surface area contributed by atoms with Crippen LogP contribution in [0.25, 0.3) is 0 Å². The van der Waals surface area contributed by atoms with E-state index in [4.69, 9.17) is 4.74 Å². The van der Waals surface area contributed by atoms with Crippen molar-refractivity contribution in [1.29, 1.82) is 0 Å². The SMILES string of the molecule is CCOC(=O)C(C(C)C)C(O)c1ccc(Br)cc1F. The van der Waals surface area contributed by atoms with Crippen molar-refractivity contribution in [1.82, 2.24) is 0 Å². The summed E-state index contributed by atoms with van der Waals surface area (Å²) < 4.78 is 19.4. The molecular weight excluding hydrogens is 315 g/mol. The fourth-order valence-electron chi connectivity index (χ4n) is 1.94. The van der Waals surface area contributed by atoms with E-state index in [9.17, 15) is 14.3 Å². The summed E-state index contributed by atoms with van der Waals surface area (Å²) in [6.07, 6.45) is -1.22. The average molecular weight is 333 g/mol. The third kappa shape index (κ3) is 4.01. The molecule has 106 valence electrons. The first-order valence-electron chi connectivity index (χ1n) is 6.18. The maximum absolute atomic E-state index is 13.8. The van der Waals surface area contributed by atoms with Gasteiger partial charge in [0.25, 0.3) is 0 Å². The predicted octanol–water partition coefficient (Wildman–Crippen LogP) is 3.46. The molecule has 0 aromatic heterocycles. The number of hydrogen-bond acceptors (Lipinski definition) is 3. The Labute approximate surface area is 120 Å². The van der Waals surface area contributed by atoms with Crippen molar-refractivity contribution >= 4 is 21.9 Å². The van der Waals surface area contributed by atoms with E-state index in [1.165, 1.54) is 12.1 Å². The number of halogens is 2. The van der Waals surface area contributed by atoms with Crippen molar-refractivity contribution < 1.29 is 19.0 Å². The number of benzene rings is 1. The summed E-state index contributed by atoms with van der Waals surface area (Å²) in [5.41, 5.74) is 0.106. The first kappa shape index (κ1) is 16.1. The smallest absolute Gasteiger partial charge is 0.312 e. The van der Waals surface area contributed by atoms with E-state index >= 15 is 0 Å². The number of hydrogen-bond donors (Lipinski definition) is 1. The molecule has 1 aromatic rings. The third-order valence-electron chi connectivity index (χ3n) is 2.90. The summed E-state index contributed by atoms with van der Waals surface area (Å²) in [6.45, 7) is 5.52. The largest absolute Gasteiger partial charge is 0.466 e. The summed E-state index contributed by atoms with van der Waals surface area (Å²) in [5, 5.41) is 10.3. The zero-order chi connectivity index (χ0) is 14.6. The molecule has 0 saturated heterocycles. The number of carbonyl (C=O) groups excluding carboxylic acids is 1. The van der Waals surface area contributed by atoms with Gasteiger partial charge in [-0.1, -0.05) is 35.8 Å². The minimum atomic E-state index is -1.22. The second-order valence-corrected chi connectivity index (χ2v) is 5.55. The van der Waals surface area contributed by atoms with Gasteiger partial charge in [0, 0.05) is 10.0 Å². The van der Waals surface area contributed by atoms with Gasteiger partial charge in [0.05, 0.1) is 18.6 Å². The van der Waals surface area contributed by atoms with Crippen LogP contribution in [0.5, 0.6) is 0 Å². The molecule has 19 heavy (non-hydrogen) atoms. The number of esters is 1. The van der Waals surface area contributed by atoms with Crippen molar-refractivity contribution in [3.8, 4) is 0 Å². The standard InChI is InChI=1S/C14H18BrFO3/c1-4-19-14(18)12(8(2)3)13(17)10-6-5-9(15)7-11(10)16/h5-8,12-13,17H,4H2,1-3H3. The Balaban J connectivity index is 3.05. The Morgan fingerprint density at radius 1 is 1.47 bits per heavy atom. The zero-order valence-electron chi connectivity index (χ0n) is 11.2. The van der Waals surface area contributed by atoms with E-state index in [1.54, 1.807) is 26.8 Å². The highest BCUT2D eigenvalue weighted by Gasteiger charge is 2.33. The Kier molecular flexibility index (Phi) is 5.94. The molecule has 0 heterocycles. The maximum Gasteiger partial charge on any atom is 0.312 e. The highest BCUT2D eigenvalue weighted by molar-refractivity contribution is 9.10. The Bertz CT molecular complexity index is 448. The van der Waals surface area contributed by atoms with E-state index < -0.39 is 23.8 Å². The van der Waals surface area contributed by atoms with Crippen LogP contribution in [0.4, 0.5) is 4.39 Å². The molecule has 1 aromatic carbocycles. The van der Waals surface area contributed by atoms with Crippen molar-refractivity contribution in [2.75, 3.05) is 6.61 Å². The molecular formula is C14H18BrFO3. The molecule has 0 radical (unpaired) electrons. The highest BCUT2D eigenvalue weighted by atomic mass is 79.9. The summed E-state index contributed by atoms with van der Waals surface area (Å²) in [5.74, 6) is -1.99. The van der Waals surface area contributed by atoms with Crippen molar-refractivity contribution in [2.45, 2.75) is 26.9 Å². The van der Waals surface area contributed by atoms with Gasteiger partial charge in [-0.3, -0.25) is 4.79 Å². The lowest BCUT2D eigenvalue weighted by atomic mass is 9.86. The van der Waals surface area contributed by atoms with Gasteiger partial charge in [-0.2, -0.15) is 0 Å². The Hall–Kier alpha value is -0.940. The molecule has 2 unspecified atom stereocenters. The first-order chi connectivity index (χ1) is 8.88. The molecule has 1 N–H and O–H groups in total. The molecule has 0 aliphatic rings. The van der Waals surface area contributed by atoms with Crippen LogP contribution in [0.3, 0.4) is 0 Å². The normalized spacial score (nSPS) is 14.3. The second-order valence-electron chi connectivity index (χ2n) is 4.63. The van der Waals surface area contributed by atoms with E-state index in [1.807, 2.05) is 0 Å². The van der Waals surface area contributed by atoms with Crippen LogP contribution in [0, 0.1) is 17.7 Å². The molecule has 0 spiro atoms. The van der Waals surface area contributed by atoms with Gasteiger partial charge in [-0.15, -0.1) is 0 Å². The second kappa shape index (κ2) is 7.01. The van der Waals surface area contributed by atoms with E-state index in [2.05, 4.69) is 15.9 Å². The minimum absolute atomic E-state index is 0.106. The fraction of sp³-hybridized carbons (Fsp3) is 0.500. The molecule has 0 aliphatic heterocycles. The van der Waals surface area contributed by atoms with Gasteiger partial charge in [-0.25, -0.2) is 4.39 Å². The van der Waals surface area contributed by atoms with Gasteiger partial charge < -0.3 is 9.84 Å². The molecule has 0 saturated carbocycles. The molecule has 5 heteroatoms. The first-order valence-corrected chi connectivity index (χ1v) is 6.97. The van der Waals surface area contributed by atoms with Gasteiger partial charge in [0.15, 0.2) is 0 Å². The van der Waals surface area contributed by atoms with Gasteiger partial charge in [0.2, 0.25) is 0 Å². The van der Waals surface area contributed by atoms with E-state index in [0.717, 1.165) is 0 Å².